The summed E-state index contributed by atoms with van der Waals surface area (Å²) in [6.07, 6.45) is 6.15. The van der Waals surface area contributed by atoms with Gasteiger partial charge in [-0.25, -0.2) is 24.7 Å². The Kier molecular flexibility index (Phi) is 5.76. The molecular formula is C17H19Cl2N11O. The number of rotatable bonds is 4. The van der Waals surface area contributed by atoms with Gasteiger partial charge in [0.1, 0.15) is 11.7 Å². The zero-order valence-electron chi connectivity index (χ0n) is 16.9. The van der Waals surface area contributed by atoms with Crippen molar-refractivity contribution in [2.24, 2.45) is 4.99 Å². The van der Waals surface area contributed by atoms with Crippen LogP contribution in [0.3, 0.4) is 0 Å². The van der Waals surface area contributed by atoms with Gasteiger partial charge in [-0.05, 0) is 21.0 Å². The SMILES string of the molecule is CC(c1c(NC(=O)NN2C=C(Cl)C(n3nccn3)=NC2)cnc2cc(Cl)nn12)N(C)C. The van der Waals surface area contributed by atoms with Gasteiger partial charge in [0.05, 0.1) is 36.0 Å². The van der Waals surface area contributed by atoms with Crippen molar-refractivity contribution in [1.29, 1.82) is 0 Å². The number of anilines is 1. The van der Waals surface area contributed by atoms with Crippen LogP contribution in [-0.4, -0.2) is 72.1 Å². The summed E-state index contributed by atoms with van der Waals surface area (Å²) in [5, 5.41) is 17.1. The summed E-state index contributed by atoms with van der Waals surface area (Å²) in [5.41, 5.74) is 4.48. The number of aromatic nitrogens is 6. The standard InChI is InChI=1S/C17H19Cl2N11O/c1-10(27(2)3)15-12(7-20-14-6-13(19)25-29(14)15)24-17(31)26-28-8-11(18)16(21-9-28)30-22-4-5-23-30/h4-8,10H,9H2,1-3H3,(H2,24,26,31). The number of carbonyl (C=O) groups is 1. The predicted octanol–water partition coefficient (Wildman–Crippen LogP) is 1.93. The van der Waals surface area contributed by atoms with Crippen molar-refractivity contribution >= 4 is 46.4 Å². The average molecular weight is 464 g/mol. The number of aliphatic imine (C=N–C) groups is 1. The molecule has 0 spiro atoms. The second kappa shape index (κ2) is 8.49. The fourth-order valence-electron chi connectivity index (χ4n) is 2.95. The summed E-state index contributed by atoms with van der Waals surface area (Å²) >= 11 is 12.3. The smallest absolute Gasteiger partial charge is 0.303 e. The third-order valence-electron chi connectivity index (χ3n) is 4.62. The van der Waals surface area contributed by atoms with Crippen LogP contribution in [0.5, 0.6) is 0 Å². The molecular weight excluding hydrogens is 445 g/mol. The summed E-state index contributed by atoms with van der Waals surface area (Å²) in [5.74, 6) is 0.387. The minimum Gasteiger partial charge on any atom is -0.303 e. The molecule has 14 heteroatoms. The summed E-state index contributed by atoms with van der Waals surface area (Å²) in [6.45, 7) is 2.12. The van der Waals surface area contributed by atoms with Crippen LogP contribution < -0.4 is 10.7 Å². The highest BCUT2D eigenvalue weighted by molar-refractivity contribution is 6.43. The lowest BCUT2D eigenvalue weighted by molar-refractivity contribution is 0.221. The first kappa shape index (κ1) is 21.0. The van der Waals surface area contributed by atoms with Gasteiger partial charge in [0.15, 0.2) is 16.6 Å². The number of amides is 2. The topological polar surface area (TPSA) is 121 Å². The molecule has 31 heavy (non-hydrogen) atoms. The van der Waals surface area contributed by atoms with Gasteiger partial charge < -0.3 is 10.2 Å². The van der Waals surface area contributed by atoms with Gasteiger partial charge in [-0.15, -0.1) is 4.80 Å². The molecule has 3 aromatic heterocycles. The Bertz CT molecular complexity index is 1170. The molecule has 2 amide bonds. The normalized spacial score (nSPS) is 15.1. The van der Waals surface area contributed by atoms with Gasteiger partial charge in [-0.3, -0.25) is 5.01 Å². The number of hydrazine groups is 1. The fraction of sp³-hybridized carbons (Fsp3) is 0.294. The zero-order valence-corrected chi connectivity index (χ0v) is 18.4. The van der Waals surface area contributed by atoms with Crippen molar-refractivity contribution in [1.82, 2.24) is 44.9 Å². The van der Waals surface area contributed by atoms with E-state index in [0.29, 0.717) is 22.3 Å². The van der Waals surface area contributed by atoms with Crippen LogP contribution in [0.1, 0.15) is 18.7 Å². The van der Waals surface area contributed by atoms with E-state index in [1.807, 2.05) is 25.9 Å². The van der Waals surface area contributed by atoms with E-state index in [9.17, 15) is 4.79 Å². The highest BCUT2D eigenvalue weighted by atomic mass is 35.5. The number of nitrogens with one attached hydrogen (secondary N) is 2. The molecule has 4 rings (SSSR count). The molecule has 1 aliphatic rings. The van der Waals surface area contributed by atoms with E-state index in [-0.39, 0.29) is 17.7 Å². The van der Waals surface area contributed by atoms with Crippen LogP contribution in [0, 0.1) is 0 Å². The molecule has 0 radical (unpaired) electrons. The van der Waals surface area contributed by atoms with Crippen molar-refractivity contribution in [2.75, 3.05) is 26.1 Å². The number of allylic oxidation sites excluding steroid dienone is 1. The molecule has 2 N–H and O–H groups in total. The molecule has 1 aliphatic heterocycles. The van der Waals surface area contributed by atoms with Crippen molar-refractivity contribution in [3.8, 4) is 0 Å². The maximum Gasteiger partial charge on any atom is 0.338 e. The quantitative estimate of drug-likeness (QED) is 0.605. The molecule has 0 bridgehead atoms. The molecule has 1 unspecified atom stereocenters. The van der Waals surface area contributed by atoms with E-state index in [0.717, 1.165) is 5.69 Å². The number of nitrogens with zero attached hydrogens (tertiary/aromatic N) is 9. The summed E-state index contributed by atoms with van der Waals surface area (Å²) in [7, 11) is 3.85. The van der Waals surface area contributed by atoms with Crippen molar-refractivity contribution in [3.05, 3.63) is 46.7 Å². The summed E-state index contributed by atoms with van der Waals surface area (Å²) in [4.78, 5) is 24.6. The second-order valence-electron chi connectivity index (χ2n) is 6.89. The third-order valence-corrected chi connectivity index (χ3v) is 5.07. The van der Waals surface area contributed by atoms with Crippen LogP contribution >= 0.6 is 23.2 Å². The van der Waals surface area contributed by atoms with Crippen LogP contribution in [0.15, 0.2) is 40.9 Å². The maximum absolute atomic E-state index is 12.7. The first-order valence-corrected chi connectivity index (χ1v) is 9.93. The molecule has 4 heterocycles. The average Bonchev–Trinajstić information content (AvgIpc) is 3.36. The van der Waals surface area contributed by atoms with Gasteiger partial charge >= 0.3 is 6.03 Å². The highest BCUT2D eigenvalue weighted by Gasteiger charge is 2.22. The summed E-state index contributed by atoms with van der Waals surface area (Å²) in [6, 6.07) is 1.07. The van der Waals surface area contributed by atoms with Crippen LogP contribution in [0.25, 0.3) is 5.65 Å². The maximum atomic E-state index is 12.7. The Balaban J connectivity index is 1.52. The lowest BCUT2D eigenvalue weighted by atomic mass is 10.2. The van der Waals surface area contributed by atoms with E-state index >= 15 is 0 Å². The van der Waals surface area contributed by atoms with Crippen molar-refractivity contribution in [3.63, 3.8) is 0 Å². The van der Waals surface area contributed by atoms with Crippen LogP contribution in [0.2, 0.25) is 5.15 Å². The largest absolute Gasteiger partial charge is 0.338 e. The van der Waals surface area contributed by atoms with E-state index in [1.165, 1.54) is 28.4 Å². The number of halogens is 2. The van der Waals surface area contributed by atoms with Gasteiger partial charge in [-0.1, -0.05) is 23.2 Å². The lowest BCUT2D eigenvalue weighted by Crippen LogP contribution is -2.43. The Morgan fingerprint density at radius 1 is 1.26 bits per heavy atom. The monoisotopic (exact) mass is 463 g/mol. The molecule has 0 aliphatic carbocycles. The Hall–Kier alpha value is -3.22. The minimum absolute atomic E-state index is 0.0881. The Morgan fingerprint density at radius 3 is 2.68 bits per heavy atom. The van der Waals surface area contributed by atoms with Crippen LogP contribution in [0.4, 0.5) is 10.5 Å². The van der Waals surface area contributed by atoms with E-state index in [2.05, 4.69) is 36.0 Å². The molecule has 0 aromatic carbocycles. The van der Waals surface area contributed by atoms with Gasteiger partial charge in [0, 0.05) is 12.3 Å². The second-order valence-corrected chi connectivity index (χ2v) is 7.68. The lowest BCUT2D eigenvalue weighted by Gasteiger charge is -2.25. The van der Waals surface area contributed by atoms with Crippen molar-refractivity contribution in [2.45, 2.75) is 13.0 Å². The molecule has 1 atom stereocenters. The highest BCUT2D eigenvalue weighted by Crippen LogP contribution is 2.27. The number of fused-ring (bicyclic) bond motifs is 1. The number of hydrogen-bond acceptors (Lipinski definition) is 8. The van der Waals surface area contributed by atoms with Gasteiger partial charge in [-0.2, -0.15) is 15.3 Å². The minimum atomic E-state index is -0.497. The number of carbonyl (C=O) groups excluding carboxylic acids is 1. The molecule has 0 saturated heterocycles. The predicted molar refractivity (Wildman–Crippen MR) is 116 cm³/mol. The van der Waals surface area contributed by atoms with E-state index < -0.39 is 6.03 Å². The van der Waals surface area contributed by atoms with E-state index in [4.69, 9.17) is 23.2 Å². The number of hydrogen-bond donors (Lipinski definition) is 2. The Labute approximate surface area is 187 Å². The molecule has 162 valence electrons. The van der Waals surface area contributed by atoms with Gasteiger partial charge in [0.25, 0.3) is 0 Å². The molecule has 0 fully saturated rings. The summed E-state index contributed by atoms with van der Waals surface area (Å²) < 4.78 is 1.62. The fourth-order valence-corrected chi connectivity index (χ4v) is 3.38. The van der Waals surface area contributed by atoms with E-state index in [1.54, 1.807) is 16.8 Å². The van der Waals surface area contributed by atoms with Crippen molar-refractivity contribution < 1.29 is 4.79 Å². The third kappa shape index (κ3) is 4.31. The zero-order chi connectivity index (χ0) is 22.1. The van der Waals surface area contributed by atoms with Gasteiger partial charge in [0.2, 0.25) is 0 Å². The number of urea groups is 1. The van der Waals surface area contributed by atoms with Crippen LogP contribution in [-0.2, 0) is 0 Å². The first-order chi connectivity index (χ1) is 14.8. The Morgan fingerprint density at radius 2 is 2.00 bits per heavy atom. The first-order valence-electron chi connectivity index (χ1n) is 9.17. The molecule has 12 nitrogen and oxygen atoms in total. The molecule has 0 saturated carbocycles. The molecule has 3 aromatic rings.